The Bertz CT molecular complexity index is 525. The zero-order chi connectivity index (χ0) is 11.0. The van der Waals surface area contributed by atoms with Gasteiger partial charge in [-0.25, -0.2) is 4.98 Å². The number of pyridine rings is 1. The molecule has 1 atom stereocenters. The molecule has 0 spiro atoms. The predicted molar refractivity (Wildman–Crippen MR) is 59.0 cm³/mol. The third kappa shape index (κ3) is 1.49. The van der Waals surface area contributed by atoms with Gasteiger partial charge in [0.2, 0.25) is 0 Å². The highest BCUT2D eigenvalue weighted by molar-refractivity contribution is 7.99. The summed E-state index contributed by atoms with van der Waals surface area (Å²) in [5.74, 6) is 0.623. The van der Waals surface area contributed by atoms with Crippen molar-refractivity contribution in [3.63, 3.8) is 0 Å². The Hall–Kier alpha value is -1.75. The van der Waals surface area contributed by atoms with Crippen LogP contribution >= 0.6 is 11.8 Å². The Balaban J connectivity index is 1.98. The molecule has 1 aliphatic heterocycles. The Kier molecular flexibility index (Phi) is 2.18. The van der Waals surface area contributed by atoms with Crippen LogP contribution in [0.5, 0.6) is 0 Å². The highest BCUT2D eigenvalue weighted by atomic mass is 32.2. The molecule has 3 rings (SSSR count). The average Bonchev–Trinajstić information content (AvgIpc) is 2.82. The van der Waals surface area contributed by atoms with Crippen molar-refractivity contribution in [2.45, 2.75) is 10.4 Å². The van der Waals surface area contributed by atoms with Gasteiger partial charge in [-0.15, -0.1) is 0 Å². The summed E-state index contributed by atoms with van der Waals surface area (Å²) in [6.07, 6.45) is 3.28. The van der Waals surface area contributed by atoms with E-state index in [0.717, 1.165) is 10.8 Å². The number of fused-ring (bicyclic) bond motifs is 1. The van der Waals surface area contributed by atoms with Gasteiger partial charge in [0.15, 0.2) is 0 Å². The molecule has 16 heavy (non-hydrogen) atoms. The van der Waals surface area contributed by atoms with Gasteiger partial charge < -0.3 is 9.73 Å². The van der Waals surface area contributed by atoms with Gasteiger partial charge in [0.1, 0.15) is 16.2 Å². The standard InChI is InChI=1S/C11H8N2O2S/c14-9-7-3-1-5-12-10(7)16-11(13-9)8-4-2-6-15-8/h1-6,11H,(H,13,14). The van der Waals surface area contributed by atoms with Crippen molar-refractivity contribution >= 4 is 17.7 Å². The fraction of sp³-hybridized carbons (Fsp3) is 0.0909. The van der Waals surface area contributed by atoms with Gasteiger partial charge in [0.05, 0.1) is 11.8 Å². The second-order valence-electron chi connectivity index (χ2n) is 3.34. The zero-order valence-electron chi connectivity index (χ0n) is 8.21. The molecule has 0 aliphatic carbocycles. The molecule has 0 bridgehead atoms. The number of thioether (sulfide) groups is 1. The van der Waals surface area contributed by atoms with Crippen LogP contribution in [0, 0.1) is 0 Å². The lowest BCUT2D eigenvalue weighted by molar-refractivity contribution is 0.0939. The van der Waals surface area contributed by atoms with Crippen molar-refractivity contribution in [1.82, 2.24) is 10.3 Å². The second-order valence-corrected chi connectivity index (χ2v) is 4.44. The molecule has 4 nitrogen and oxygen atoms in total. The van der Waals surface area contributed by atoms with Gasteiger partial charge in [0.25, 0.3) is 5.91 Å². The lowest BCUT2D eigenvalue weighted by Gasteiger charge is -2.22. The summed E-state index contributed by atoms with van der Waals surface area (Å²) >= 11 is 1.48. The first-order chi connectivity index (χ1) is 7.84. The van der Waals surface area contributed by atoms with Gasteiger partial charge in [-0.05, 0) is 24.3 Å². The molecule has 0 fully saturated rings. The van der Waals surface area contributed by atoms with Crippen LogP contribution in [0.4, 0.5) is 0 Å². The van der Waals surface area contributed by atoms with Gasteiger partial charge in [-0.1, -0.05) is 11.8 Å². The maximum absolute atomic E-state index is 11.8. The molecule has 1 N–H and O–H groups in total. The van der Waals surface area contributed by atoms with Crippen LogP contribution in [0.2, 0.25) is 0 Å². The van der Waals surface area contributed by atoms with E-state index < -0.39 is 0 Å². The van der Waals surface area contributed by atoms with E-state index in [1.165, 1.54) is 11.8 Å². The van der Waals surface area contributed by atoms with Crippen molar-refractivity contribution in [2.24, 2.45) is 0 Å². The number of carbonyl (C=O) groups excluding carboxylic acids is 1. The summed E-state index contributed by atoms with van der Waals surface area (Å²) in [7, 11) is 0. The summed E-state index contributed by atoms with van der Waals surface area (Å²) < 4.78 is 5.27. The van der Waals surface area contributed by atoms with Crippen LogP contribution in [0.3, 0.4) is 0 Å². The fourth-order valence-electron chi connectivity index (χ4n) is 1.57. The number of rotatable bonds is 1. The number of nitrogens with one attached hydrogen (secondary N) is 1. The second kappa shape index (κ2) is 3.68. The van der Waals surface area contributed by atoms with E-state index in [1.54, 1.807) is 30.7 Å². The largest absolute Gasteiger partial charge is 0.466 e. The monoisotopic (exact) mass is 232 g/mol. The first-order valence-corrected chi connectivity index (χ1v) is 5.68. The predicted octanol–water partition coefficient (Wildman–Crippen LogP) is 2.21. The number of carbonyl (C=O) groups is 1. The highest BCUT2D eigenvalue weighted by Gasteiger charge is 2.28. The summed E-state index contributed by atoms with van der Waals surface area (Å²) in [5, 5.41) is 3.42. The van der Waals surface area contributed by atoms with Crippen molar-refractivity contribution in [3.05, 3.63) is 48.0 Å². The SMILES string of the molecule is O=C1NC(c2ccco2)Sc2ncccc21. The first-order valence-electron chi connectivity index (χ1n) is 4.80. The highest BCUT2D eigenvalue weighted by Crippen LogP contribution is 2.37. The minimum Gasteiger partial charge on any atom is -0.466 e. The molecular formula is C11H8N2O2S. The average molecular weight is 232 g/mol. The number of furan rings is 1. The van der Waals surface area contributed by atoms with E-state index in [1.807, 2.05) is 6.07 Å². The third-order valence-electron chi connectivity index (χ3n) is 2.31. The number of nitrogens with zero attached hydrogens (tertiary/aromatic N) is 1. The van der Waals surface area contributed by atoms with Crippen LogP contribution in [0.15, 0.2) is 46.2 Å². The molecule has 0 saturated heterocycles. The van der Waals surface area contributed by atoms with Crippen LogP contribution < -0.4 is 5.32 Å². The van der Waals surface area contributed by atoms with Crippen LogP contribution in [-0.4, -0.2) is 10.9 Å². The smallest absolute Gasteiger partial charge is 0.255 e. The Morgan fingerprint density at radius 1 is 1.38 bits per heavy atom. The number of aromatic nitrogens is 1. The normalized spacial score (nSPS) is 19.0. The molecule has 2 aromatic rings. The molecule has 2 aromatic heterocycles. The van der Waals surface area contributed by atoms with Crippen LogP contribution in [0.25, 0.3) is 0 Å². The topological polar surface area (TPSA) is 55.1 Å². The Labute approximate surface area is 96.1 Å². The minimum absolute atomic E-state index is 0.108. The van der Waals surface area contributed by atoms with E-state index in [2.05, 4.69) is 10.3 Å². The molecule has 5 heteroatoms. The van der Waals surface area contributed by atoms with Crippen LogP contribution in [-0.2, 0) is 0 Å². The van der Waals surface area contributed by atoms with Crippen molar-refractivity contribution in [3.8, 4) is 0 Å². The lowest BCUT2D eigenvalue weighted by atomic mass is 10.2. The molecule has 0 saturated carbocycles. The molecule has 0 aromatic carbocycles. The van der Waals surface area contributed by atoms with Crippen molar-refractivity contribution in [1.29, 1.82) is 0 Å². The molecule has 1 amide bonds. The van der Waals surface area contributed by atoms with E-state index in [-0.39, 0.29) is 11.3 Å². The number of amides is 1. The summed E-state index contributed by atoms with van der Waals surface area (Å²) in [6.45, 7) is 0. The maximum Gasteiger partial charge on any atom is 0.255 e. The van der Waals surface area contributed by atoms with E-state index >= 15 is 0 Å². The molecule has 0 radical (unpaired) electrons. The van der Waals surface area contributed by atoms with Gasteiger partial charge >= 0.3 is 0 Å². The van der Waals surface area contributed by atoms with Gasteiger partial charge in [0, 0.05) is 6.20 Å². The molecule has 80 valence electrons. The first kappa shape index (κ1) is 9.47. The van der Waals surface area contributed by atoms with Crippen LogP contribution in [0.1, 0.15) is 21.5 Å². The summed E-state index contributed by atoms with van der Waals surface area (Å²) in [4.78, 5) is 16.0. The van der Waals surface area contributed by atoms with Gasteiger partial charge in [-0.3, -0.25) is 4.79 Å². The molecule has 1 unspecified atom stereocenters. The zero-order valence-corrected chi connectivity index (χ0v) is 9.03. The maximum atomic E-state index is 11.8. The number of hydrogen-bond acceptors (Lipinski definition) is 4. The Morgan fingerprint density at radius 2 is 2.31 bits per heavy atom. The van der Waals surface area contributed by atoms with Crippen molar-refractivity contribution in [2.75, 3.05) is 0 Å². The minimum atomic E-state index is -0.190. The van der Waals surface area contributed by atoms with E-state index in [4.69, 9.17) is 4.42 Å². The molecule has 1 aliphatic rings. The summed E-state index contributed by atoms with van der Waals surface area (Å²) in [6, 6.07) is 7.16. The lowest BCUT2D eigenvalue weighted by Crippen LogP contribution is -2.30. The molecular weight excluding hydrogens is 224 g/mol. The van der Waals surface area contributed by atoms with Gasteiger partial charge in [-0.2, -0.15) is 0 Å². The number of hydrogen-bond donors (Lipinski definition) is 1. The molecule has 3 heterocycles. The van der Waals surface area contributed by atoms with E-state index in [9.17, 15) is 4.79 Å². The van der Waals surface area contributed by atoms with E-state index in [0.29, 0.717) is 5.56 Å². The van der Waals surface area contributed by atoms with Crippen molar-refractivity contribution < 1.29 is 9.21 Å². The Morgan fingerprint density at radius 3 is 3.12 bits per heavy atom. The quantitative estimate of drug-likeness (QED) is 0.819. The summed E-state index contributed by atoms with van der Waals surface area (Å²) in [5.41, 5.74) is 0.621. The third-order valence-corrected chi connectivity index (χ3v) is 3.44. The fourth-order valence-corrected chi connectivity index (χ4v) is 2.61.